The SMILES string of the molecule is C[C@]1(F)CCN(C(=O)OCc2ccccc2)C1. The van der Waals surface area contributed by atoms with Gasteiger partial charge < -0.3 is 9.64 Å². The van der Waals surface area contributed by atoms with E-state index in [0.29, 0.717) is 13.0 Å². The second kappa shape index (κ2) is 4.73. The second-order valence-corrected chi connectivity index (χ2v) is 4.63. The number of amides is 1. The molecule has 0 aliphatic carbocycles. The maximum Gasteiger partial charge on any atom is 0.410 e. The van der Waals surface area contributed by atoms with Gasteiger partial charge in [-0.05, 0) is 12.5 Å². The van der Waals surface area contributed by atoms with E-state index in [1.807, 2.05) is 30.3 Å². The van der Waals surface area contributed by atoms with E-state index in [0.717, 1.165) is 5.56 Å². The highest BCUT2D eigenvalue weighted by Crippen LogP contribution is 2.25. The molecule has 0 N–H and O–H groups in total. The summed E-state index contributed by atoms with van der Waals surface area (Å²) in [6.45, 7) is 2.30. The molecule has 1 fully saturated rings. The largest absolute Gasteiger partial charge is 0.445 e. The van der Waals surface area contributed by atoms with Crippen LogP contribution in [0.1, 0.15) is 18.9 Å². The van der Waals surface area contributed by atoms with Crippen LogP contribution in [-0.4, -0.2) is 29.8 Å². The summed E-state index contributed by atoms with van der Waals surface area (Å²) in [6, 6.07) is 9.45. The molecule has 0 bridgehead atoms. The van der Waals surface area contributed by atoms with Gasteiger partial charge in [0.25, 0.3) is 0 Å². The quantitative estimate of drug-likeness (QED) is 0.791. The van der Waals surface area contributed by atoms with E-state index in [9.17, 15) is 9.18 Å². The lowest BCUT2D eigenvalue weighted by Gasteiger charge is -2.17. The molecule has 0 aromatic heterocycles. The predicted molar refractivity (Wildman–Crippen MR) is 62.3 cm³/mol. The molecule has 0 saturated carbocycles. The van der Waals surface area contributed by atoms with Crippen LogP contribution in [0.15, 0.2) is 30.3 Å². The molecule has 3 nitrogen and oxygen atoms in total. The number of rotatable bonds is 2. The average Bonchev–Trinajstić information content (AvgIpc) is 2.68. The van der Waals surface area contributed by atoms with Gasteiger partial charge in [-0.25, -0.2) is 9.18 Å². The van der Waals surface area contributed by atoms with Crippen molar-refractivity contribution in [1.29, 1.82) is 0 Å². The number of halogens is 1. The number of carbonyl (C=O) groups is 1. The summed E-state index contributed by atoms with van der Waals surface area (Å²) in [5.41, 5.74) is -0.339. The Morgan fingerprint density at radius 1 is 1.47 bits per heavy atom. The zero-order valence-corrected chi connectivity index (χ0v) is 9.86. The van der Waals surface area contributed by atoms with E-state index < -0.39 is 11.8 Å². The minimum Gasteiger partial charge on any atom is -0.445 e. The molecule has 0 radical (unpaired) electrons. The lowest BCUT2D eigenvalue weighted by molar-refractivity contribution is 0.0964. The summed E-state index contributed by atoms with van der Waals surface area (Å²) >= 11 is 0. The molecule has 4 heteroatoms. The van der Waals surface area contributed by atoms with Crippen LogP contribution in [0.4, 0.5) is 9.18 Å². The standard InChI is InChI=1S/C13H16FNO2/c1-13(14)7-8-15(10-13)12(16)17-9-11-5-3-2-4-6-11/h2-6H,7-10H2,1H3/t13-/m0/s1. The van der Waals surface area contributed by atoms with Crippen molar-refractivity contribution in [3.05, 3.63) is 35.9 Å². The van der Waals surface area contributed by atoms with Crippen LogP contribution in [0.5, 0.6) is 0 Å². The zero-order chi connectivity index (χ0) is 12.3. The molecule has 92 valence electrons. The first kappa shape index (κ1) is 11.9. The Kier molecular flexibility index (Phi) is 3.31. The van der Waals surface area contributed by atoms with E-state index in [4.69, 9.17) is 4.74 Å². The summed E-state index contributed by atoms with van der Waals surface area (Å²) in [7, 11) is 0. The summed E-state index contributed by atoms with van der Waals surface area (Å²) in [6.07, 6.45) is -0.0526. The smallest absolute Gasteiger partial charge is 0.410 e. The normalized spacial score (nSPS) is 23.8. The number of alkyl halides is 1. The highest BCUT2D eigenvalue weighted by atomic mass is 19.1. The Labute approximate surface area is 100 Å². The van der Waals surface area contributed by atoms with Gasteiger partial charge >= 0.3 is 6.09 Å². The van der Waals surface area contributed by atoms with Crippen LogP contribution >= 0.6 is 0 Å². The third-order valence-electron chi connectivity index (χ3n) is 2.89. The molecule has 0 unspecified atom stereocenters. The first-order chi connectivity index (χ1) is 8.07. The topological polar surface area (TPSA) is 29.5 Å². The zero-order valence-electron chi connectivity index (χ0n) is 9.86. The highest BCUT2D eigenvalue weighted by molar-refractivity contribution is 5.68. The van der Waals surface area contributed by atoms with Crippen molar-refractivity contribution in [3.63, 3.8) is 0 Å². The van der Waals surface area contributed by atoms with Crippen LogP contribution < -0.4 is 0 Å². The fourth-order valence-corrected chi connectivity index (χ4v) is 1.89. The predicted octanol–water partition coefficient (Wildman–Crippen LogP) is 2.76. The van der Waals surface area contributed by atoms with Gasteiger partial charge in [-0.3, -0.25) is 0 Å². The first-order valence-electron chi connectivity index (χ1n) is 5.71. The first-order valence-corrected chi connectivity index (χ1v) is 5.71. The number of likely N-dealkylation sites (tertiary alicyclic amines) is 1. The third-order valence-corrected chi connectivity index (χ3v) is 2.89. The van der Waals surface area contributed by atoms with Crippen molar-refractivity contribution >= 4 is 6.09 Å². The monoisotopic (exact) mass is 237 g/mol. The van der Waals surface area contributed by atoms with E-state index in [-0.39, 0.29) is 13.2 Å². The van der Waals surface area contributed by atoms with Crippen molar-refractivity contribution < 1.29 is 13.9 Å². The van der Waals surface area contributed by atoms with E-state index in [1.54, 1.807) is 0 Å². The molecule has 1 atom stereocenters. The Bertz CT molecular complexity index is 392. The maximum absolute atomic E-state index is 13.5. The van der Waals surface area contributed by atoms with Gasteiger partial charge in [0.15, 0.2) is 0 Å². The summed E-state index contributed by atoms with van der Waals surface area (Å²) in [5.74, 6) is 0. The van der Waals surface area contributed by atoms with Crippen molar-refractivity contribution in [2.45, 2.75) is 25.6 Å². The van der Waals surface area contributed by atoms with Gasteiger partial charge in [0.2, 0.25) is 0 Å². The number of hydrogen-bond acceptors (Lipinski definition) is 2. The Morgan fingerprint density at radius 3 is 2.76 bits per heavy atom. The molecule has 1 aliphatic heterocycles. The van der Waals surface area contributed by atoms with E-state index >= 15 is 0 Å². The molecular formula is C13H16FNO2. The molecule has 17 heavy (non-hydrogen) atoms. The number of benzene rings is 1. The fourth-order valence-electron chi connectivity index (χ4n) is 1.89. The van der Waals surface area contributed by atoms with Gasteiger partial charge in [-0.2, -0.15) is 0 Å². The Morgan fingerprint density at radius 2 is 2.18 bits per heavy atom. The summed E-state index contributed by atoms with van der Waals surface area (Å²) in [5, 5.41) is 0. The van der Waals surface area contributed by atoms with Crippen LogP contribution in [0.2, 0.25) is 0 Å². The molecule has 2 rings (SSSR count). The van der Waals surface area contributed by atoms with E-state index in [1.165, 1.54) is 11.8 Å². The fraction of sp³-hybridized carbons (Fsp3) is 0.462. The lowest BCUT2D eigenvalue weighted by Crippen LogP contribution is -2.32. The number of nitrogens with zero attached hydrogens (tertiary/aromatic N) is 1. The van der Waals surface area contributed by atoms with Gasteiger partial charge in [0, 0.05) is 13.0 Å². The molecule has 1 aromatic carbocycles. The van der Waals surface area contributed by atoms with Gasteiger partial charge in [-0.15, -0.1) is 0 Å². The third kappa shape index (κ3) is 3.19. The van der Waals surface area contributed by atoms with Crippen LogP contribution in [0, 0.1) is 0 Å². The Balaban J connectivity index is 1.83. The van der Waals surface area contributed by atoms with Crippen LogP contribution in [-0.2, 0) is 11.3 Å². The van der Waals surface area contributed by atoms with E-state index in [2.05, 4.69) is 0 Å². The van der Waals surface area contributed by atoms with Gasteiger partial charge in [0.1, 0.15) is 12.3 Å². The van der Waals surface area contributed by atoms with Crippen molar-refractivity contribution in [1.82, 2.24) is 4.90 Å². The number of carbonyl (C=O) groups excluding carboxylic acids is 1. The minimum absolute atomic E-state index is 0.126. The van der Waals surface area contributed by atoms with Crippen molar-refractivity contribution in [2.24, 2.45) is 0 Å². The average molecular weight is 237 g/mol. The van der Waals surface area contributed by atoms with Crippen LogP contribution in [0.25, 0.3) is 0 Å². The van der Waals surface area contributed by atoms with Crippen LogP contribution in [0.3, 0.4) is 0 Å². The summed E-state index contributed by atoms with van der Waals surface area (Å²) in [4.78, 5) is 13.1. The Hall–Kier alpha value is -1.58. The molecular weight excluding hydrogens is 221 g/mol. The molecule has 1 aromatic rings. The minimum atomic E-state index is -1.27. The van der Waals surface area contributed by atoms with Gasteiger partial charge in [-0.1, -0.05) is 30.3 Å². The summed E-state index contributed by atoms with van der Waals surface area (Å²) < 4.78 is 18.7. The molecule has 1 amide bonds. The van der Waals surface area contributed by atoms with Crippen molar-refractivity contribution in [2.75, 3.05) is 13.1 Å². The molecule has 1 aliphatic rings. The lowest BCUT2D eigenvalue weighted by atomic mass is 10.1. The number of ether oxygens (including phenoxy) is 1. The highest BCUT2D eigenvalue weighted by Gasteiger charge is 2.36. The van der Waals surface area contributed by atoms with Crippen molar-refractivity contribution in [3.8, 4) is 0 Å². The molecule has 1 heterocycles. The molecule has 0 spiro atoms. The second-order valence-electron chi connectivity index (χ2n) is 4.63. The van der Waals surface area contributed by atoms with Gasteiger partial charge in [0.05, 0.1) is 6.54 Å². The maximum atomic E-state index is 13.5. The number of hydrogen-bond donors (Lipinski definition) is 0. The molecule has 1 saturated heterocycles.